The Kier molecular flexibility index (Phi) is 16.0. The minimum absolute atomic E-state index is 0.0134. The Hall–Kier alpha value is -5.82. The lowest BCUT2D eigenvalue weighted by atomic mass is 9.91. The first-order valence-corrected chi connectivity index (χ1v) is 31.0. The fourth-order valence-corrected chi connectivity index (χ4v) is 13.9. The molecule has 6 aromatic rings. The van der Waals surface area contributed by atoms with Crippen LogP contribution in [0.5, 0.6) is 0 Å². The number of ether oxygens (including phenoxy) is 5. The largest absolute Gasteiger partial charge is 0.444 e. The molecule has 18 nitrogen and oxygen atoms in total. The molecule has 0 radical (unpaired) electrons. The molecule has 4 saturated heterocycles. The van der Waals surface area contributed by atoms with Crippen molar-refractivity contribution >= 4 is 108 Å². The van der Waals surface area contributed by atoms with Gasteiger partial charge in [0.15, 0.2) is 21.9 Å². The first-order chi connectivity index (χ1) is 39.3. The highest BCUT2D eigenvalue weighted by Gasteiger charge is 2.47. The second kappa shape index (κ2) is 22.6. The highest BCUT2D eigenvalue weighted by atomic mass is 79.9. The number of furan rings is 1. The number of carbonyl (C=O) groups excluding carboxylic acids is 3. The molecule has 4 fully saturated rings. The number of amides is 3. The zero-order chi connectivity index (χ0) is 59.2. The fraction of sp³-hybridized carbons (Fsp3) is 0.542. The molecule has 6 aliphatic heterocycles. The molecule has 0 aliphatic carbocycles. The summed E-state index contributed by atoms with van der Waals surface area (Å²) in [5, 5.41) is 5.08. The van der Waals surface area contributed by atoms with Gasteiger partial charge in [-0.2, -0.15) is 0 Å². The SMILES string of the molecule is CCSc1nc(N2C3CCC2CN(C(=O)OC(C)(C)C)C3)c2c3c(c(-c4c(F)ccc5oc(NC(=O)OC(C)(C)C)cc45)c(F)c2n1)COC3.CCSc1nc(N2C3CCC2CN(C(=O)OC(C)(C)C)C3)c2c3c(c(Br)c(F)c2n1)COC3. The van der Waals surface area contributed by atoms with E-state index in [0.717, 1.165) is 53.8 Å². The quantitative estimate of drug-likeness (QED) is 0.0860. The summed E-state index contributed by atoms with van der Waals surface area (Å²) in [7, 11) is 0. The number of aromatic nitrogens is 4. The molecular weight excluding hydrogens is 1180 g/mol. The van der Waals surface area contributed by atoms with E-state index < -0.39 is 34.5 Å². The maximum absolute atomic E-state index is 17.3. The summed E-state index contributed by atoms with van der Waals surface area (Å²) in [6.07, 6.45) is 2.19. The van der Waals surface area contributed by atoms with Gasteiger partial charge < -0.3 is 47.7 Å². The van der Waals surface area contributed by atoms with Gasteiger partial charge in [-0.1, -0.05) is 37.4 Å². The number of piperazine rings is 2. The average Bonchev–Trinajstić information content (AvgIpc) is 2.67. The van der Waals surface area contributed by atoms with E-state index in [1.54, 1.807) is 30.6 Å². The summed E-state index contributed by atoms with van der Waals surface area (Å²) in [5.41, 5.74) is 1.77. The van der Waals surface area contributed by atoms with Crippen molar-refractivity contribution in [2.75, 3.05) is 52.8 Å². The van der Waals surface area contributed by atoms with Crippen LogP contribution in [0.2, 0.25) is 0 Å². The van der Waals surface area contributed by atoms with E-state index in [1.807, 2.05) is 55.4 Å². The molecule has 9 heterocycles. The minimum atomic E-state index is -0.747. The van der Waals surface area contributed by atoms with Gasteiger partial charge >= 0.3 is 18.3 Å². The van der Waals surface area contributed by atoms with E-state index in [0.29, 0.717) is 87.8 Å². The molecule has 12 rings (SSSR count). The first-order valence-electron chi connectivity index (χ1n) is 28.2. The summed E-state index contributed by atoms with van der Waals surface area (Å²) in [5.74, 6) is 1.12. The van der Waals surface area contributed by atoms with Gasteiger partial charge in [-0.05, 0) is 144 Å². The van der Waals surface area contributed by atoms with Gasteiger partial charge in [0.25, 0.3) is 0 Å². The molecule has 0 saturated carbocycles. The average molecular weight is 1250 g/mol. The highest BCUT2D eigenvalue weighted by Crippen LogP contribution is 2.49. The monoisotopic (exact) mass is 1250 g/mol. The fourth-order valence-electron chi connectivity index (χ4n) is 12.2. The van der Waals surface area contributed by atoms with E-state index in [1.165, 1.54) is 41.7 Å². The smallest absolute Gasteiger partial charge is 0.414 e. The van der Waals surface area contributed by atoms with Crippen LogP contribution in [0.3, 0.4) is 0 Å². The molecule has 83 heavy (non-hydrogen) atoms. The van der Waals surface area contributed by atoms with Crippen LogP contribution in [0.15, 0.2) is 37.4 Å². The topological polar surface area (TPSA) is 187 Å². The third kappa shape index (κ3) is 11.6. The molecule has 3 aromatic carbocycles. The highest BCUT2D eigenvalue weighted by molar-refractivity contribution is 9.10. The van der Waals surface area contributed by atoms with Gasteiger partial charge in [0, 0.05) is 78.5 Å². The molecule has 1 N–H and O–H groups in total. The number of rotatable bonds is 8. The maximum Gasteiger partial charge on any atom is 0.414 e. The zero-order valence-corrected chi connectivity index (χ0v) is 51.7. The van der Waals surface area contributed by atoms with E-state index in [4.69, 9.17) is 43.1 Å². The summed E-state index contributed by atoms with van der Waals surface area (Å²) >= 11 is 6.32. The van der Waals surface area contributed by atoms with E-state index >= 15 is 13.2 Å². The number of hydrogen-bond acceptors (Lipinski definition) is 17. The van der Waals surface area contributed by atoms with Crippen molar-refractivity contribution in [2.24, 2.45) is 0 Å². The Morgan fingerprint density at radius 1 is 0.627 bits per heavy atom. The van der Waals surface area contributed by atoms with Crippen molar-refractivity contribution in [3.63, 3.8) is 0 Å². The van der Waals surface area contributed by atoms with Crippen LogP contribution in [0.4, 0.5) is 45.1 Å². The van der Waals surface area contributed by atoms with Crippen molar-refractivity contribution in [3.05, 3.63) is 62.4 Å². The summed E-state index contributed by atoms with van der Waals surface area (Å²) < 4.78 is 83.3. The van der Waals surface area contributed by atoms with E-state index in [2.05, 4.69) is 36.0 Å². The van der Waals surface area contributed by atoms with E-state index in [-0.39, 0.29) is 88.9 Å². The number of anilines is 3. The predicted octanol–water partition coefficient (Wildman–Crippen LogP) is 13.7. The van der Waals surface area contributed by atoms with Gasteiger partial charge in [-0.15, -0.1) is 0 Å². The number of halogens is 4. The van der Waals surface area contributed by atoms with Gasteiger partial charge in [-0.3, -0.25) is 5.32 Å². The van der Waals surface area contributed by atoms with Crippen molar-refractivity contribution in [1.82, 2.24) is 29.7 Å². The Balaban J connectivity index is 0.000000189. The second-order valence-electron chi connectivity index (χ2n) is 24.6. The third-order valence-electron chi connectivity index (χ3n) is 15.3. The van der Waals surface area contributed by atoms with Gasteiger partial charge in [-0.25, -0.2) is 47.5 Å². The van der Waals surface area contributed by atoms with Crippen molar-refractivity contribution in [2.45, 2.75) is 180 Å². The maximum atomic E-state index is 17.3. The van der Waals surface area contributed by atoms with Crippen LogP contribution >= 0.6 is 39.5 Å². The minimum Gasteiger partial charge on any atom is -0.444 e. The zero-order valence-electron chi connectivity index (χ0n) is 48.5. The Labute approximate surface area is 496 Å². The van der Waals surface area contributed by atoms with Gasteiger partial charge in [0.2, 0.25) is 5.88 Å². The van der Waals surface area contributed by atoms with Crippen LogP contribution < -0.4 is 15.1 Å². The standard InChI is InChI=1S/C36H41F2N5O6S.C23H28BrFN4O3S/c1-8-50-32-40-30-28(31(41-32)43-18-9-10-19(43)15-42(14-18)34(45)49-36(5,6)7)22-17-46-16-21(22)27(29(30)38)26-20-13-25(39-33(44)48-35(2,3)4)47-24(20)12-11-23(26)37;1-5-33-21-26-19-16(14-10-31-11-15(14)17(24)18(19)25)20(27-21)29-12-6-7-13(29)9-28(8-12)22(30)32-23(2,3)4/h11-13,18-19H,8-10,14-17H2,1-7H3,(H,39,44);12-13H,5-11H2,1-4H3. The Bertz CT molecular complexity index is 3560. The molecule has 444 valence electrons. The number of nitrogens with zero attached hydrogens (tertiary/aromatic N) is 8. The molecule has 4 unspecified atom stereocenters. The first kappa shape index (κ1) is 58.9. The molecule has 3 aromatic heterocycles. The number of hydrogen-bond donors (Lipinski definition) is 1. The van der Waals surface area contributed by atoms with Crippen molar-refractivity contribution in [1.29, 1.82) is 0 Å². The molecular formula is C59H69BrF3N9O9S2. The summed E-state index contributed by atoms with van der Waals surface area (Å²) in [6.45, 7) is 23.4. The lowest BCUT2D eigenvalue weighted by Crippen LogP contribution is -2.56. The van der Waals surface area contributed by atoms with Gasteiger partial charge in [0.05, 0.1) is 41.7 Å². The third-order valence-corrected chi connectivity index (χ3v) is 17.6. The van der Waals surface area contributed by atoms with Crippen LogP contribution in [0, 0.1) is 17.5 Å². The number of fused-ring (bicyclic) bond motifs is 11. The Morgan fingerprint density at radius 3 is 1.54 bits per heavy atom. The summed E-state index contributed by atoms with van der Waals surface area (Å²) in [6, 6.07) is 4.19. The molecule has 6 aliphatic rings. The van der Waals surface area contributed by atoms with E-state index in [9.17, 15) is 14.4 Å². The van der Waals surface area contributed by atoms with Crippen LogP contribution in [0.1, 0.15) is 124 Å². The van der Waals surface area contributed by atoms with Crippen LogP contribution in [0.25, 0.3) is 43.9 Å². The number of likely N-dealkylation sites (tertiary alicyclic amines) is 2. The van der Waals surface area contributed by atoms with Crippen molar-refractivity contribution in [3.8, 4) is 11.1 Å². The Morgan fingerprint density at radius 2 is 1.07 bits per heavy atom. The molecule has 24 heteroatoms. The second-order valence-corrected chi connectivity index (χ2v) is 27.9. The van der Waals surface area contributed by atoms with Crippen LogP contribution in [-0.2, 0) is 50.1 Å². The van der Waals surface area contributed by atoms with Crippen LogP contribution in [-0.4, -0.2) is 127 Å². The number of benzene rings is 3. The number of thioether (sulfide) groups is 2. The number of carbonyl (C=O) groups is 3. The van der Waals surface area contributed by atoms with Gasteiger partial charge in [0.1, 0.15) is 50.9 Å². The molecule has 4 bridgehead atoms. The lowest BCUT2D eigenvalue weighted by Gasteiger charge is -2.42. The molecule has 3 amide bonds. The summed E-state index contributed by atoms with van der Waals surface area (Å²) in [4.78, 5) is 65.6. The predicted molar refractivity (Wildman–Crippen MR) is 316 cm³/mol. The molecule has 0 spiro atoms. The lowest BCUT2D eigenvalue weighted by molar-refractivity contribution is 0.0200. The normalized spacial score (nSPS) is 20.3. The molecule has 4 atom stereocenters. The number of nitrogens with one attached hydrogen (secondary N) is 1. The van der Waals surface area contributed by atoms with Crippen molar-refractivity contribution < 1.29 is 55.7 Å².